The van der Waals surface area contributed by atoms with Crippen molar-refractivity contribution in [3.05, 3.63) is 60.3 Å². The summed E-state index contributed by atoms with van der Waals surface area (Å²) in [7, 11) is 1.59. The molecule has 0 aliphatic carbocycles. The monoisotopic (exact) mass is 377 g/mol. The number of piperidine rings is 1. The Labute approximate surface area is 163 Å². The highest BCUT2D eigenvalue weighted by atomic mass is 16.5. The van der Waals surface area contributed by atoms with E-state index in [9.17, 15) is 9.59 Å². The van der Waals surface area contributed by atoms with Gasteiger partial charge in [0.1, 0.15) is 5.75 Å². The fourth-order valence-corrected chi connectivity index (χ4v) is 3.69. The van der Waals surface area contributed by atoms with Crippen LogP contribution in [0.3, 0.4) is 0 Å². The van der Waals surface area contributed by atoms with E-state index >= 15 is 0 Å². The molecule has 28 heavy (non-hydrogen) atoms. The van der Waals surface area contributed by atoms with Gasteiger partial charge in [0, 0.05) is 47.5 Å². The molecule has 0 spiro atoms. The first-order chi connectivity index (χ1) is 13.6. The first-order valence-electron chi connectivity index (χ1n) is 9.45. The number of fused-ring (bicyclic) bond motifs is 1. The number of benzene rings is 2. The summed E-state index contributed by atoms with van der Waals surface area (Å²) in [5.41, 5.74) is 2.36. The molecule has 3 aromatic rings. The molecule has 1 aliphatic rings. The molecule has 144 valence electrons. The number of hydrogen-bond acceptors (Lipinski definition) is 3. The molecule has 0 bridgehead atoms. The van der Waals surface area contributed by atoms with Crippen LogP contribution in [0.2, 0.25) is 0 Å². The number of amides is 2. The van der Waals surface area contributed by atoms with Gasteiger partial charge in [-0.15, -0.1) is 0 Å². The van der Waals surface area contributed by atoms with Crippen molar-refractivity contribution in [1.82, 2.24) is 9.88 Å². The van der Waals surface area contributed by atoms with Crippen LogP contribution >= 0.6 is 0 Å². The van der Waals surface area contributed by atoms with Gasteiger partial charge in [-0.1, -0.05) is 6.07 Å². The Kier molecular flexibility index (Phi) is 5.02. The van der Waals surface area contributed by atoms with Crippen LogP contribution in [0.15, 0.2) is 54.7 Å². The zero-order valence-corrected chi connectivity index (χ0v) is 15.8. The topological polar surface area (TPSA) is 74.4 Å². The van der Waals surface area contributed by atoms with Gasteiger partial charge < -0.3 is 19.9 Å². The first-order valence-corrected chi connectivity index (χ1v) is 9.45. The van der Waals surface area contributed by atoms with Gasteiger partial charge in [0.15, 0.2) is 0 Å². The quantitative estimate of drug-likeness (QED) is 0.729. The van der Waals surface area contributed by atoms with Crippen molar-refractivity contribution in [3.8, 4) is 5.75 Å². The van der Waals surface area contributed by atoms with Crippen LogP contribution in [-0.4, -0.2) is 41.9 Å². The van der Waals surface area contributed by atoms with E-state index in [2.05, 4.69) is 10.3 Å². The third-order valence-electron chi connectivity index (χ3n) is 5.22. The fourth-order valence-electron chi connectivity index (χ4n) is 3.69. The minimum Gasteiger partial charge on any atom is -0.497 e. The number of carbonyl (C=O) groups is 2. The summed E-state index contributed by atoms with van der Waals surface area (Å²) in [5.74, 6) is 0.382. The zero-order valence-electron chi connectivity index (χ0n) is 15.8. The second-order valence-electron chi connectivity index (χ2n) is 7.09. The Morgan fingerprint density at radius 2 is 2.07 bits per heavy atom. The summed E-state index contributed by atoms with van der Waals surface area (Å²) in [4.78, 5) is 30.6. The van der Waals surface area contributed by atoms with Gasteiger partial charge in [0.05, 0.1) is 13.0 Å². The summed E-state index contributed by atoms with van der Waals surface area (Å²) in [6.45, 7) is 1.10. The molecule has 6 heteroatoms. The predicted octanol–water partition coefficient (Wildman–Crippen LogP) is 3.67. The molecule has 6 nitrogen and oxygen atoms in total. The third kappa shape index (κ3) is 3.71. The average molecular weight is 377 g/mol. The maximum Gasteiger partial charge on any atom is 0.253 e. The highest BCUT2D eigenvalue weighted by Gasteiger charge is 2.29. The van der Waals surface area contributed by atoms with Gasteiger partial charge in [-0.25, -0.2) is 0 Å². The van der Waals surface area contributed by atoms with E-state index in [0.29, 0.717) is 30.1 Å². The van der Waals surface area contributed by atoms with Crippen LogP contribution < -0.4 is 10.1 Å². The number of nitrogens with one attached hydrogen (secondary N) is 2. The van der Waals surface area contributed by atoms with E-state index < -0.39 is 0 Å². The minimum atomic E-state index is -0.222. The number of aromatic amines is 1. The van der Waals surface area contributed by atoms with E-state index in [4.69, 9.17) is 4.74 Å². The van der Waals surface area contributed by atoms with Crippen molar-refractivity contribution >= 4 is 28.4 Å². The molecule has 2 aromatic carbocycles. The normalized spacial score (nSPS) is 16.8. The number of carbonyl (C=O) groups excluding carboxylic acids is 2. The van der Waals surface area contributed by atoms with Crippen molar-refractivity contribution in [1.29, 1.82) is 0 Å². The fraction of sp³-hybridized carbons (Fsp3) is 0.273. The van der Waals surface area contributed by atoms with E-state index in [-0.39, 0.29) is 17.7 Å². The van der Waals surface area contributed by atoms with Crippen molar-refractivity contribution in [3.63, 3.8) is 0 Å². The Balaban J connectivity index is 1.44. The molecule has 1 fully saturated rings. The van der Waals surface area contributed by atoms with Crippen LogP contribution in [-0.2, 0) is 4.79 Å². The molecule has 1 atom stereocenters. The van der Waals surface area contributed by atoms with Gasteiger partial charge in [-0.3, -0.25) is 9.59 Å². The largest absolute Gasteiger partial charge is 0.497 e. The van der Waals surface area contributed by atoms with Crippen molar-refractivity contribution in [2.75, 3.05) is 25.5 Å². The van der Waals surface area contributed by atoms with Gasteiger partial charge >= 0.3 is 0 Å². The lowest BCUT2D eigenvalue weighted by Gasteiger charge is -2.32. The van der Waals surface area contributed by atoms with E-state index in [1.807, 2.05) is 48.7 Å². The number of hydrogen-bond donors (Lipinski definition) is 2. The lowest BCUT2D eigenvalue weighted by atomic mass is 9.96. The molecular weight excluding hydrogens is 354 g/mol. The molecule has 1 saturated heterocycles. The van der Waals surface area contributed by atoms with Gasteiger partial charge in [-0.05, 0) is 49.2 Å². The standard InChI is InChI=1S/C22H23N3O3/c1-28-19-6-2-5-18(13-19)24-21(26)17-4-3-11-25(14-17)22(27)16-7-8-20-15(12-16)9-10-23-20/h2,5-10,12-13,17,23H,3-4,11,14H2,1H3,(H,24,26)/t17-/m0/s1. The van der Waals surface area contributed by atoms with E-state index in [0.717, 1.165) is 23.7 Å². The summed E-state index contributed by atoms with van der Waals surface area (Å²) in [6.07, 6.45) is 3.45. The zero-order chi connectivity index (χ0) is 19.5. The van der Waals surface area contributed by atoms with Crippen LogP contribution in [0, 0.1) is 5.92 Å². The Hall–Kier alpha value is -3.28. The maximum atomic E-state index is 12.9. The smallest absolute Gasteiger partial charge is 0.253 e. The highest BCUT2D eigenvalue weighted by Crippen LogP contribution is 2.23. The number of nitrogens with zero attached hydrogens (tertiary/aromatic N) is 1. The number of rotatable bonds is 4. The summed E-state index contributed by atoms with van der Waals surface area (Å²) < 4.78 is 5.20. The van der Waals surface area contributed by atoms with Crippen LogP contribution in [0.5, 0.6) is 5.75 Å². The van der Waals surface area contributed by atoms with Gasteiger partial charge in [0.25, 0.3) is 5.91 Å². The first kappa shape index (κ1) is 18.1. The number of ether oxygens (including phenoxy) is 1. The molecule has 1 aliphatic heterocycles. The average Bonchev–Trinajstić information content (AvgIpc) is 3.21. The van der Waals surface area contributed by atoms with Crippen LogP contribution in [0.1, 0.15) is 23.2 Å². The van der Waals surface area contributed by atoms with Gasteiger partial charge in [0.2, 0.25) is 5.91 Å². The molecule has 2 N–H and O–H groups in total. The molecule has 2 heterocycles. The number of aromatic nitrogens is 1. The van der Waals surface area contributed by atoms with E-state index in [1.165, 1.54) is 0 Å². The lowest BCUT2D eigenvalue weighted by Crippen LogP contribution is -2.43. The summed E-state index contributed by atoms with van der Waals surface area (Å²) in [5, 5.41) is 3.95. The second-order valence-corrected chi connectivity index (χ2v) is 7.09. The van der Waals surface area contributed by atoms with Crippen LogP contribution in [0.4, 0.5) is 5.69 Å². The summed E-state index contributed by atoms with van der Waals surface area (Å²) in [6, 6.07) is 14.9. The minimum absolute atomic E-state index is 0.0259. The molecule has 2 amide bonds. The second kappa shape index (κ2) is 7.76. The summed E-state index contributed by atoms with van der Waals surface area (Å²) >= 11 is 0. The molecule has 1 aromatic heterocycles. The molecular formula is C22H23N3O3. The predicted molar refractivity (Wildman–Crippen MR) is 109 cm³/mol. The third-order valence-corrected chi connectivity index (χ3v) is 5.22. The van der Waals surface area contributed by atoms with Crippen molar-refractivity contribution in [2.45, 2.75) is 12.8 Å². The molecule has 0 saturated carbocycles. The number of H-pyrrole nitrogens is 1. The Morgan fingerprint density at radius 1 is 1.18 bits per heavy atom. The number of likely N-dealkylation sites (tertiary alicyclic amines) is 1. The Morgan fingerprint density at radius 3 is 2.93 bits per heavy atom. The van der Waals surface area contributed by atoms with Gasteiger partial charge in [-0.2, -0.15) is 0 Å². The van der Waals surface area contributed by atoms with Crippen LogP contribution in [0.25, 0.3) is 10.9 Å². The lowest BCUT2D eigenvalue weighted by molar-refractivity contribution is -0.121. The molecule has 0 unspecified atom stereocenters. The Bertz CT molecular complexity index is 1010. The van der Waals surface area contributed by atoms with Crippen molar-refractivity contribution < 1.29 is 14.3 Å². The maximum absolute atomic E-state index is 12.9. The SMILES string of the molecule is COc1cccc(NC(=O)[C@H]2CCCN(C(=O)c3ccc4[nH]ccc4c3)C2)c1. The number of anilines is 1. The van der Waals surface area contributed by atoms with Crippen molar-refractivity contribution in [2.24, 2.45) is 5.92 Å². The molecule has 4 rings (SSSR count). The number of methoxy groups -OCH3 is 1. The van der Waals surface area contributed by atoms with E-state index in [1.54, 1.807) is 18.1 Å². The molecule has 0 radical (unpaired) electrons. The highest BCUT2D eigenvalue weighted by molar-refractivity contribution is 5.99.